The summed E-state index contributed by atoms with van der Waals surface area (Å²) in [5.41, 5.74) is 1.22. The molecule has 24 heavy (non-hydrogen) atoms. The van der Waals surface area contributed by atoms with Crippen LogP contribution in [-0.2, 0) is 23.4 Å². The summed E-state index contributed by atoms with van der Waals surface area (Å²) in [6.07, 6.45) is -1.56. The topological polar surface area (TPSA) is 72.5 Å². The van der Waals surface area contributed by atoms with Gasteiger partial charge in [-0.05, 0) is 31.8 Å². The van der Waals surface area contributed by atoms with Gasteiger partial charge in [0.2, 0.25) is 6.79 Å². The molecular weight excluding hydrogens is 332 g/mol. The smallest absolute Gasteiger partial charge is 0.338 e. The first kappa shape index (κ1) is 18.7. The molecule has 0 radical (unpaired) electrons. The third-order valence-electron chi connectivity index (χ3n) is 3.43. The minimum absolute atomic E-state index is 0.126. The lowest BCUT2D eigenvalue weighted by Crippen LogP contribution is -2.33. The minimum Gasteiger partial charge on any atom is -0.467 e. The molecule has 0 aromatic heterocycles. The minimum atomic E-state index is -2.04. The standard InChI is InChI=1S/C16H24O7Si/c1-18-15(17)14(23-24(4,5)6)10-7-12-13(22-9-21-12)8-11(10)16(19-2)20-3/h7-8,14,16H,9H2,1-6H3. The summed E-state index contributed by atoms with van der Waals surface area (Å²) in [5.74, 6) is 0.640. The Balaban J connectivity index is 2.56. The van der Waals surface area contributed by atoms with Crippen LogP contribution >= 0.6 is 0 Å². The average molecular weight is 356 g/mol. The van der Waals surface area contributed by atoms with E-state index in [1.165, 1.54) is 21.3 Å². The normalized spacial score (nSPS) is 14.8. The van der Waals surface area contributed by atoms with Crippen molar-refractivity contribution in [3.05, 3.63) is 23.3 Å². The number of benzene rings is 1. The van der Waals surface area contributed by atoms with Crippen molar-refractivity contribution in [3.63, 3.8) is 0 Å². The molecule has 0 N–H and O–H groups in total. The monoisotopic (exact) mass is 356 g/mol. The zero-order valence-electron chi connectivity index (χ0n) is 14.9. The second-order valence-corrected chi connectivity index (χ2v) is 10.7. The Hall–Kier alpha value is -1.61. The number of carbonyl (C=O) groups excluding carboxylic acids is 1. The van der Waals surface area contributed by atoms with E-state index in [0.29, 0.717) is 22.6 Å². The highest BCUT2D eigenvalue weighted by Crippen LogP contribution is 2.41. The molecule has 0 saturated heterocycles. The van der Waals surface area contributed by atoms with Crippen LogP contribution in [0.15, 0.2) is 12.1 Å². The SMILES string of the molecule is COC(=O)C(O[Si](C)(C)C)c1cc2c(cc1C(OC)OC)OCO2. The van der Waals surface area contributed by atoms with Gasteiger partial charge in [0, 0.05) is 25.3 Å². The first-order chi connectivity index (χ1) is 11.3. The number of hydrogen-bond donors (Lipinski definition) is 0. The summed E-state index contributed by atoms with van der Waals surface area (Å²) in [4.78, 5) is 12.4. The molecule has 2 rings (SSSR count). The quantitative estimate of drug-likeness (QED) is 0.422. The molecule has 0 bridgehead atoms. The predicted octanol–water partition coefficient (Wildman–Crippen LogP) is 2.77. The fourth-order valence-electron chi connectivity index (χ4n) is 2.45. The fraction of sp³-hybridized carbons (Fsp3) is 0.562. The molecule has 134 valence electrons. The van der Waals surface area contributed by atoms with Crippen LogP contribution in [0, 0.1) is 0 Å². The predicted molar refractivity (Wildman–Crippen MR) is 88.5 cm³/mol. The van der Waals surface area contributed by atoms with E-state index in [9.17, 15) is 4.79 Å². The van der Waals surface area contributed by atoms with E-state index in [4.69, 9.17) is 28.1 Å². The molecule has 1 unspecified atom stereocenters. The fourth-order valence-corrected chi connectivity index (χ4v) is 3.38. The van der Waals surface area contributed by atoms with Gasteiger partial charge in [-0.15, -0.1) is 0 Å². The molecule has 0 fully saturated rings. The van der Waals surface area contributed by atoms with Crippen LogP contribution in [0.3, 0.4) is 0 Å². The molecule has 0 aliphatic carbocycles. The van der Waals surface area contributed by atoms with Gasteiger partial charge in [-0.1, -0.05) is 0 Å². The highest BCUT2D eigenvalue weighted by molar-refractivity contribution is 6.69. The number of carbonyl (C=O) groups is 1. The van der Waals surface area contributed by atoms with Crippen molar-refractivity contribution < 1.29 is 32.9 Å². The first-order valence-electron chi connectivity index (χ1n) is 7.55. The van der Waals surface area contributed by atoms with E-state index in [1.54, 1.807) is 12.1 Å². The number of methoxy groups -OCH3 is 3. The van der Waals surface area contributed by atoms with Gasteiger partial charge >= 0.3 is 5.97 Å². The molecule has 1 aromatic carbocycles. The van der Waals surface area contributed by atoms with Crippen LogP contribution in [0.5, 0.6) is 11.5 Å². The van der Waals surface area contributed by atoms with Gasteiger partial charge < -0.3 is 28.1 Å². The summed E-state index contributed by atoms with van der Waals surface area (Å²) in [5, 5.41) is 0. The van der Waals surface area contributed by atoms with Crippen molar-refractivity contribution >= 4 is 14.3 Å². The summed E-state index contributed by atoms with van der Waals surface area (Å²) in [7, 11) is 2.34. The van der Waals surface area contributed by atoms with E-state index in [-0.39, 0.29) is 6.79 Å². The van der Waals surface area contributed by atoms with Gasteiger partial charge in [0.1, 0.15) is 0 Å². The molecule has 1 atom stereocenters. The van der Waals surface area contributed by atoms with Crippen molar-refractivity contribution in [1.82, 2.24) is 0 Å². The summed E-state index contributed by atoms with van der Waals surface area (Å²) in [6.45, 7) is 6.12. The molecular formula is C16H24O7Si. The number of fused-ring (bicyclic) bond motifs is 1. The van der Waals surface area contributed by atoms with Crippen LogP contribution in [0.25, 0.3) is 0 Å². The summed E-state index contributed by atoms with van der Waals surface area (Å²) < 4.78 is 32.6. The van der Waals surface area contributed by atoms with Gasteiger partial charge in [0.25, 0.3) is 0 Å². The maximum Gasteiger partial charge on any atom is 0.338 e. The van der Waals surface area contributed by atoms with Crippen molar-refractivity contribution in [2.24, 2.45) is 0 Å². The Morgan fingerprint density at radius 2 is 1.58 bits per heavy atom. The van der Waals surface area contributed by atoms with Crippen molar-refractivity contribution in [2.75, 3.05) is 28.1 Å². The van der Waals surface area contributed by atoms with E-state index >= 15 is 0 Å². The van der Waals surface area contributed by atoms with E-state index < -0.39 is 26.7 Å². The van der Waals surface area contributed by atoms with Gasteiger partial charge in [-0.25, -0.2) is 4.79 Å². The molecule has 0 saturated carbocycles. The molecule has 1 heterocycles. The number of ether oxygens (including phenoxy) is 5. The molecule has 7 nitrogen and oxygen atoms in total. The Morgan fingerprint density at radius 1 is 1.04 bits per heavy atom. The lowest BCUT2D eigenvalue weighted by molar-refractivity contribution is -0.150. The number of hydrogen-bond acceptors (Lipinski definition) is 7. The lowest BCUT2D eigenvalue weighted by Gasteiger charge is -2.28. The van der Waals surface area contributed by atoms with Crippen molar-refractivity contribution in [1.29, 1.82) is 0 Å². The Morgan fingerprint density at radius 3 is 2.04 bits per heavy atom. The van der Waals surface area contributed by atoms with Crippen LogP contribution < -0.4 is 9.47 Å². The van der Waals surface area contributed by atoms with Crippen LogP contribution in [-0.4, -0.2) is 42.4 Å². The highest BCUT2D eigenvalue weighted by atomic mass is 28.4. The Labute approximate surface area is 142 Å². The zero-order chi connectivity index (χ0) is 17.9. The summed E-state index contributed by atoms with van der Waals surface area (Å²) >= 11 is 0. The number of esters is 1. The van der Waals surface area contributed by atoms with Crippen molar-refractivity contribution in [2.45, 2.75) is 32.0 Å². The maximum absolute atomic E-state index is 12.4. The maximum atomic E-state index is 12.4. The van der Waals surface area contributed by atoms with Gasteiger partial charge in [0.15, 0.2) is 32.2 Å². The highest BCUT2D eigenvalue weighted by Gasteiger charge is 2.34. The third kappa shape index (κ3) is 4.07. The average Bonchev–Trinajstić information content (AvgIpc) is 2.99. The Kier molecular flexibility index (Phi) is 5.86. The van der Waals surface area contributed by atoms with Crippen LogP contribution in [0.2, 0.25) is 19.6 Å². The molecule has 1 aliphatic heterocycles. The molecule has 8 heteroatoms. The third-order valence-corrected chi connectivity index (χ3v) is 4.37. The Bertz CT molecular complexity index is 593. The largest absolute Gasteiger partial charge is 0.467 e. The molecule has 0 spiro atoms. The van der Waals surface area contributed by atoms with E-state index in [1.807, 2.05) is 19.6 Å². The summed E-state index contributed by atoms with van der Waals surface area (Å²) in [6, 6.07) is 3.48. The molecule has 1 aliphatic rings. The van der Waals surface area contributed by atoms with Gasteiger partial charge in [-0.3, -0.25) is 0 Å². The first-order valence-corrected chi connectivity index (χ1v) is 11.0. The van der Waals surface area contributed by atoms with E-state index in [0.717, 1.165) is 0 Å². The molecule has 0 amide bonds. The second kappa shape index (κ2) is 7.52. The second-order valence-electron chi connectivity index (χ2n) is 6.27. The van der Waals surface area contributed by atoms with E-state index in [2.05, 4.69) is 0 Å². The lowest BCUT2D eigenvalue weighted by atomic mass is 10.0. The van der Waals surface area contributed by atoms with Crippen LogP contribution in [0.1, 0.15) is 23.5 Å². The van der Waals surface area contributed by atoms with Crippen LogP contribution in [0.4, 0.5) is 0 Å². The van der Waals surface area contributed by atoms with Crippen molar-refractivity contribution in [3.8, 4) is 11.5 Å². The molecule has 1 aromatic rings. The van der Waals surface area contributed by atoms with Gasteiger partial charge in [0.05, 0.1) is 7.11 Å². The zero-order valence-corrected chi connectivity index (χ0v) is 15.9. The van der Waals surface area contributed by atoms with Gasteiger partial charge in [-0.2, -0.15) is 0 Å². The number of rotatable bonds is 7.